The van der Waals surface area contributed by atoms with Crippen molar-refractivity contribution in [2.45, 2.75) is 44.2 Å². The van der Waals surface area contributed by atoms with E-state index in [1.54, 1.807) is 6.20 Å². The second kappa shape index (κ2) is 5.02. The molecule has 4 heteroatoms. The molecule has 0 amide bonds. The van der Waals surface area contributed by atoms with Gasteiger partial charge < -0.3 is 16.2 Å². The average Bonchev–Trinajstić information content (AvgIpc) is 2.33. The Morgan fingerprint density at radius 1 is 1.53 bits per heavy atom. The molecule has 4 nitrogen and oxygen atoms in total. The summed E-state index contributed by atoms with van der Waals surface area (Å²) in [5.41, 5.74) is 12.9. The first kappa shape index (κ1) is 12.3. The zero-order valence-corrected chi connectivity index (χ0v) is 10.4. The lowest BCUT2D eigenvalue weighted by Crippen LogP contribution is -2.50. The van der Waals surface area contributed by atoms with Gasteiger partial charge in [-0.05, 0) is 44.2 Å². The predicted molar refractivity (Wildman–Crippen MR) is 68.5 cm³/mol. The fourth-order valence-electron chi connectivity index (χ4n) is 2.32. The van der Waals surface area contributed by atoms with Crippen LogP contribution in [0.1, 0.15) is 31.7 Å². The number of pyridine rings is 1. The Balaban J connectivity index is 2.05. The van der Waals surface area contributed by atoms with Crippen LogP contribution in [0.5, 0.6) is 0 Å². The summed E-state index contributed by atoms with van der Waals surface area (Å²) in [5.74, 6) is 0.572. The van der Waals surface area contributed by atoms with Gasteiger partial charge in [0, 0.05) is 18.8 Å². The lowest BCUT2D eigenvalue weighted by Gasteiger charge is -2.39. The van der Waals surface area contributed by atoms with Crippen LogP contribution >= 0.6 is 0 Å². The SMILES string of the molecule is CC1(C(N)Cc2cccnc2N)CCCCO1. The molecule has 0 saturated carbocycles. The quantitative estimate of drug-likeness (QED) is 0.832. The van der Waals surface area contributed by atoms with E-state index in [9.17, 15) is 0 Å². The second-order valence-corrected chi connectivity index (χ2v) is 4.98. The molecule has 4 N–H and O–H groups in total. The van der Waals surface area contributed by atoms with Crippen molar-refractivity contribution in [3.63, 3.8) is 0 Å². The first-order valence-corrected chi connectivity index (χ1v) is 6.21. The van der Waals surface area contributed by atoms with Crippen molar-refractivity contribution in [1.29, 1.82) is 0 Å². The van der Waals surface area contributed by atoms with E-state index in [0.29, 0.717) is 5.82 Å². The van der Waals surface area contributed by atoms with E-state index >= 15 is 0 Å². The van der Waals surface area contributed by atoms with Gasteiger partial charge in [0.2, 0.25) is 0 Å². The first-order valence-electron chi connectivity index (χ1n) is 6.21. The molecule has 1 aromatic rings. The van der Waals surface area contributed by atoms with Crippen LogP contribution in [0.2, 0.25) is 0 Å². The summed E-state index contributed by atoms with van der Waals surface area (Å²) in [6.07, 6.45) is 5.76. The molecule has 2 heterocycles. The van der Waals surface area contributed by atoms with Gasteiger partial charge in [-0.1, -0.05) is 6.07 Å². The molecule has 2 rings (SSSR count). The van der Waals surface area contributed by atoms with Crippen LogP contribution in [-0.4, -0.2) is 23.2 Å². The first-order chi connectivity index (χ1) is 8.12. The molecule has 17 heavy (non-hydrogen) atoms. The third kappa shape index (κ3) is 2.76. The van der Waals surface area contributed by atoms with Crippen molar-refractivity contribution in [1.82, 2.24) is 4.98 Å². The van der Waals surface area contributed by atoms with Gasteiger partial charge >= 0.3 is 0 Å². The van der Waals surface area contributed by atoms with E-state index in [4.69, 9.17) is 16.2 Å². The Morgan fingerprint density at radius 2 is 2.35 bits per heavy atom. The molecule has 1 fully saturated rings. The largest absolute Gasteiger partial charge is 0.383 e. The molecule has 0 radical (unpaired) electrons. The number of ether oxygens (including phenoxy) is 1. The zero-order chi connectivity index (χ0) is 12.3. The van der Waals surface area contributed by atoms with E-state index in [1.807, 2.05) is 12.1 Å². The van der Waals surface area contributed by atoms with Gasteiger partial charge in [-0.2, -0.15) is 0 Å². The highest BCUT2D eigenvalue weighted by Gasteiger charge is 2.34. The molecular formula is C13H21N3O. The van der Waals surface area contributed by atoms with Crippen LogP contribution in [0.4, 0.5) is 5.82 Å². The van der Waals surface area contributed by atoms with Crippen molar-refractivity contribution < 1.29 is 4.74 Å². The van der Waals surface area contributed by atoms with Gasteiger partial charge in [0.25, 0.3) is 0 Å². The minimum atomic E-state index is -0.222. The number of hydrogen-bond acceptors (Lipinski definition) is 4. The molecule has 0 aromatic carbocycles. The summed E-state index contributed by atoms with van der Waals surface area (Å²) in [7, 11) is 0. The molecule has 0 bridgehead atoms. The van der Waals surface area contributed by atoms with E-state index in [2.05, 4.69) is 11.9 Å². The monoisotopic (exact) mass is 235 g/mol. The third-order valence-electron chi connectivity index (χ3n) is 3.65. The molecule has 0 spiro atoms. The summed E-state index contributed by atoms with van der Waals surface area (Å²) >= 11 is 0. The van der Waals surface area contributed by atoms with E-state index in [1.165, 1.54) is 6.42 Å². The van der Waals surface area contributed by atoms with Gasteiger partial charge in [-0.15, -0.1) is 0 Å². The Hall–Kier alpha value is -1.13. The fraction of sp³-hybridized carbons (Fsp3) is 0.615. The normalized spacial score (nSPS) is 26.7. The zero-order valence-electron chi connectivity index (χ0n) is 10.4. The highest BCUT2D eigenvalue weighted by molar-refractivity contribution is 5.39. The van der Waals surface area contributed by atoms with Crippen LogP contribution in [0, 0.1) is 0 Å². The summed E-state index contributed by atoms with van der Waals surface area (Å²) in [4.78, 5) is 4.08. The topological polar surface area (TPSA) is 74.2 Å². The molecule has 1 aromatic heterocycles. The molecule has 2 unspecified atom stereocenters. The average molecular weight is 235 g/mol. The third-order valence-corrected chi connectivity index (χ3v) is 3.65. The molecule has 1 aliphatic heterocycles. The van der Waals surface area contributed by atoms with Gasteiger partial charge in [-0.25, -0.2) is 4.98 Å². The molecule has 0 aliphatic carbocycles. The summed E-state index contributed by atoms with van der Waals surface area (Å²) < 4.78 is 5.85. The van der Waals surface area contributed by atoms with Crippen LogP contribution < -0.4 is 11.5 Å². The lowest BCUT2D eigenvalue weighted by molar-refractivity contribution is -0.0808. The number of nitrogens with two attached hydrogens (primary N) is 2. The van der Waals surface area contributed by atoms with Crippen LogP contribution in [0.3, 0.4) is 0 Å². The van der Waals surface area contributed by atoms with Crippen molar-refractivity contribution in [2.75, 3.05) is 12.3 Å². The van der Waals surface area contributed by atoms with Crippen molar-refractivity contribution in [3.8, 4) is 0 Å². The summed E-state index contributed by atoms with van der Waals surface area (Å²) in [6.45, 7) is 2.91. The maximum Gasteiger partial charge on any atom is 0.126 e. The van der Waals surface area contributed by atoms with Gasteiger partial charge in [-0.3, -0.25) is 0 Å². The van der Waals surface area contributed by atoms with Crippen LogP contribution in [0.15, 0.2) is 18.3 Å². The number of rotatable bonds is 3. The number of anilines is 1. The molecule has 94 valence electrons. The second-order valence-electron chi connectivity index (χ2n) is 4.98. The standard InChI is InChI=1S/C13H21N3O/c1-13(6-2-3-8-17-13)11(14)9-10-5-4-7-16-12(10)15/h4-5,7,11H,2-3,6,8-9,14H2,1H3,(H2,15,16). The minimum Gasteiger partial charge on any atom is -0.383 e. The predicted octanol–water partition coefficient (Wildman–Crippen LogP) is 1.49. The molecule has 1 saturated heterocycles. The van der Waals surface area contributed by atoms with Crippen LogP contribution in [0.25, 0.3) is 0 Å². The van der Waals surface area contributed by atoms with Gasteiger partial charge in [0.15, 0.2) is 0 Å². The Labute approximate surface area is 102 Å². The highest BCUT2D eigenvalue weighted by Crippen LogP contribution is 2.29. The molecule has 2 atom stereocenters. The van der Waals surface area contributed by atoms with Crippen molar-refractivity contribution in [2.24, 2.45) is 5.73 Å². The van der Waals surface area contributed by atoms with Gasteiger partial charge in [0.05, 0.1) is 5.60 Å². The van der Waals surface area contributed by atoms with E-state index in [0.717, 1.165) is 31.4 Å². The fourth-order valence-corrected chi connectivity index (χ4v) is 2.32. The smallest absolute Gasteiger partial charge is 0.126 e. The number of hydrogen-bond donors (Lipinski definition) is 2. The van der Waals surface area contributed by atoms with E-state index in [-0.39, 0.29) is 11.6 Å². The Bertz CT molecular complexity index is 375. The van der Waals surface area contributed by atoms with Gasteiger partial charge in [0.1, 0.15) is 5.82 Å². The highest BCUT2D eigenvalue weighted by atomic mass is 16.5. The lowest BCUT2D eigenvalue weighted by atomic mass is 9.85. The summed E-state index contributed by atoms with van der Waals surface area (Å²) in [6, 6.07) is 3.84. The number of nitrogen functional groups attached to an aromatic ring is 1. The molecule has 1 aliphatic rings. The minimum absolute atomic E-state index is 0.0331. The Morgan fingerprint density at radius 3 is 3.00 bits per heavy atom. The Kier molecular flexibility index (Phi) is 3.64. The molecular weight excluding hydrogens is 214 g/mol. The van der Waals surface area contributed by atoms with Crippen molar-refractivity contribution >= 4 is 5.82 Å². The van der Waals surface area contributed by atoms with Crippen LogP contribution in [-0.2, 0) is 11.2 Å². The summed E-state index contributed by atoms with van der Waals surface area (Å²) in [5, 5.41) is 0. The maximum absolute atomic E-state index is 6.28. The number of aromatic nitrogens is 1. The maximum atomic E-state index is 6.28. The van der Waals surface area contributed by atoms with E-state index < -0.39 is 0 Å². The number of nitrogens with zero attached hydrogens (tertiary/aromatic N) is 1. The van der Waals surface area contributed by atoms with Crippen molar-refractivity contribution in [3.05, 3.63) is 23.9 Å².